The Kier molecular flexibility index (Phi) is 8.01. The van der Waals surface area contributed by atoms with Crippen molar-refractivity contribution < 1.29 is 4.74 Å². The Morgan fingerprint density at radius 1 is 1.40 bits per heavy atom. The van der Waals surface area contributed by atoms with Gasteiger partial charge in [0.15, 0.2) is 5.96 Å². The third-order valence-electron chi connectivity index (χ3n) is 5.24. The molecule has 0 bridgehead atoms. The standard InChI is InChI=1S/C19H28BrN3O.HI/c1-3-24-13-15-8-11-23(12-15)18(21-2)22-14-19(9-10-19)16-6-4-5-7-17(16)20;/h4-7,15H,3,8-14H2,1-2H3,(H,21,22);1H. The van der Waals surface area contributed by atoms with E-state index >= 15 is 0 Å². The lowest BCUT2D eigenvalue weighted by atomic mass is 9.96. The summed E-state index contributed by atoms with van der Waals surface area (Å²) in [5.41, 5.74) is 1.68. The predicted molar refractivity (Wildman–Crippen MR) is 118 cm³/mol. The van der Waals surface area contributed by atoms with Crippen LogP contribution < -0.4 is 5.32 Å². The second-order valence-corrected chi connectivity index (χ2v) is 7.78. The maximum Gasteiger partial charge on any atom is 0.193 e. The van der Waals surface area contributed by atoms with Crippen LogP contribution in [0.1, 0.15) is 31.7 Å². The fourth-order valence-electron chi connectivity index (χ4n) is 3.61. The Morgan fingerprint density at radius 3 is 2.80 bits per heavy atom. The van der Waals surface area contributed by atoms with Gasteiger partial charge in [-0.1, -0.05) is 34.1 Å². The molecule has 0 radical (unpaired) electrons. The molecule has 0 aromatic heterocycles. The molecule has 1 aromatic rings. The Hall–Kier alpha value is -0.340. The van der Waals surface area contributed by atoms with Crippen molar-refractivity contribution in [3.63, 3.8) is 0 Å². The summed E-state index contributed by atoms with van der Waals surface area (Å²) in [6.07, 6.45) is 3.68. The van der Waals surface area contributed by atoms with Crippen molar-refractivity contribution in [1.29, 1.82) is 0 Å². The van der Waals surface area contributed by atoms with Crippen molar-refractivity contribution in [3.8, 4) is 0 Å². The summed E-state index contributed by atoms with van der Waals surface area (Å²) in [5, 5.41) is 3.63. The van der Waals surface area contributed by atoms with E-state index in [-0.39, 0.29) is 29.4 Å². The Balaban J connectivity index is 0.00000225. The van der Waals surface area contributed by atoms with Crippen LogP contribution in [0.2, 0.25) is 0 Å². The van der Waals surface area contributed by atoms with Crippen LogP contribution in [0.3, 0.4) is 0 Å². The summed E-state index contributed by atoms with van der Waals surface area (Å²) in [4.78, 5) is 6.89. The van der Waals surface area contributed by atoms with E-state index in [0.717, 1.165) is 38.8 Å². The number of likely N-dealkylation sites (tertiary alicyclic amines) is 1. The minimum absolute atomic E-state index is 0. The zero-order chi connectivity index (χ0) is 17.0. The number of guanidine groups is 1. The van der Waals surface area contributed by atoms with Crippen molar-refractivity contribution in [2.45, 2.75) is 31.6 Å². The number of nitrogens with zero attached hydrogens (tertiary/aromatic N) is 2. The van der Waals surface area contributed by atoms with E-state index in [1.807, 2.05) is 7.05 Å². The molecule has 6 heteroatoms. The highest BCUT2D eigenvalue weighted by molar-refractivity contribution is 14.0. The van der Waals surface area contributed by atoms with Crippen LogP contribution in [0.25, 0.3) is 0 Å². The number of ether oxygens (including phenoxy) is 1. The van der Waals surface area contributed by atoms with Gasteiger partial charge >= 0.3 is 0 Å². The SMILES string of the molecule is CCOCC1CCN(C(=NC)NCC2(c3ccccc3Br)CC2)C1.I. The zero-order valence-corrected chi connectivity index (χ0v) is 19.0. The van der Waals surface area contributed by atoms with Crippen LogP contribution in [-0.2, 0) is 10.2 Å². The van der Waals surface area contributed by atoms with Crippen LogP contribution in [0.4, 0.5) is 0 Å². The smallest absolute Gasteiger partial charge is 0.193 e. The molecule has 1 N–H and O–H groups in total. The second kappa shape index (κ2) is 9.55. The molecule has 140 valence electrons. The summed E-state index contributed by atoms with van der Waals surface area (Å²) in [6.45, 7) is 6.79. The number of hydrogen-bond donors (Lipinski definition) is 1. The van der Waals surface area contributed by atoms with Gasteiger partial charge in [0, 0.05) is 49.1 Å². The molecule has 1 aromatic carbocycles. The Labute approximate surface area is 176 Å². The van der Waals surface area contributed by atoms with Gasteiger partial charge in [-0.3, -0.25) is 4.99 Å². The molecule has 3 rings (SSSR count). The molecule has 1 unspecified atom stereocenters. The molecule has 4 nitrogen and oxygen atoms in total. The molecule has 0 amide bonds. The monoisotopic (exact) mass is 521 g/mol. The van der Waals surface area contributed by atoms with E-state index in [9.17, 15) is 0 Å². The van der Waals surface area contributed by atoms with Crippen molar-refractivity contribution >= 4 is 45.9 Å². The summed E-state index contributed by atoms with van der Waals surface area (Å²) in [5.74, 6) is 1.66. The molecule has 1 aliphatic carbocycles. The minimum Gasteiger partial charge on any atom is -0.381 e. The molecule has 2 fully saturated rings. The van der Waals surface area contributed by atoms with Crippen molar-refractivity contribution in [3.05, 3.63) is 34.3 Å². The average Bonchev–Trinajstić information content (AvgIpc) is 3.24. The third kappa shape index (κ3) is 5.10. The first-order valence-corrected chi connectivity index (χ1v) is 9.76. The number of hydrogen-bond acceptors (Lipinski definition) is 2. The first kappa shape index (κ1) is 21.0. The van der Waals surface area contributed by atoms with Crippen LogP contribution in [0.5, 0.6) is 0 Å². The molecule has 2 aliphatic rings. The van der Waals surface area contributed by atoms with E-state index in [1.165, 1.54) is 29.3 Å². The summed E-state index contributed by atoms with van der Waals surface area (Å²) >= 11 is 3.71. The largest absolute Gasteiger partial charge is 0.381 e. The predicted octanol–water partition coefficient (Wildman–Crippen LogP) is 4.03. The third-order valence-corrected chi connectivity index (χ3v) is 5.93. The number of rotatable bonds is 6. The summed E-state index contributed by atoms with van der Waals surface area (Å²) in [7, 11) is 1.89. The van der Waals surface area contributed by atoms with Gasteiger partial charge in [0.05, 0.1) is 6.61 Å². The molecule has 1 saturated carbocycles. The Morgan fingerprint density at radius 2 is 2.16 bits per heavy atom. The van der Waals surface area contributed by atoms with E-state index < -0.39 is 0 Å². The second-order valence-electron chi connectivity index (χ2n) is 6.92. The van der Waals surface area contributed by atoms with Crippen molar-refractivity contribution in [2.24, 2.45) is 10.9 Å². The van der Waals surface area contributed by atoms with E-state index in [1.54, 1.807) is 0 Å². The molecule has 1 heterocycles. The highest BCUT2D eigenvalue weighted by Gasteiger charge is 2.45. The quantitative estimate of drug-likeness (QED) is 0.349. The maximum absolute atomic E-state index is 5.58. The molecule has 25 heavy (non-hydrogen) atoms. The first-order valence-electron chi connectivity index (χ1n) is 8.97. The van der Waals surface area contributed by atoms with Gasteiger partial charge in [0.2, 0.25) is 0 Å². The normalized spacial score (nSPS) is 21.8. The lowest BCUT2D eigenvalue weighted by Crippen LogP contribution is -2.43. The first-order chi connectivity index (χ1) is 11.7. The van der Waals surface area contributed by atoms with Crippen LogP contribution in [0.15, 0.2) is 33.7 Å². The summed E-state index contributed by atoms with van der Waals surface area (Å²) in [6, 6.07) is 8.60. The number of nitrogens with one attached hydrogen (secondary N) is 1. The van der Waals surface area contributed by atoms with Gasteiger partial charge in [-0.05, 0) is 37.8 Å². The highest BCUT2D eigenvalue weighted by Crippen LogP contribution is 2.49. The lowest BCUT2D eigenvalue weighted by Gasteiger charge is -2.25. The van der Waals surface area contributed by atoms with Crippen LogP contribution >= 0.6 is 39.9 Å². The Bertz CT molecular complexity index is 592. The minimum atomic E-state index is 0. The van der Waals surface area contributed by atoms with E-state index in [0.29, 0.717) is 5.92 Å². The van der Waals surface area contributed by atoms with E-state index in [2.05, 4.69) is 62.3 Å². The zero-order valence-electron chi connectivity index (χ0n) is 15.1. The van der Waals surface area contributed by atoms with Gasteiger partial charge in [-0.25, -0.2) is 0 Å². The van der Waals surface area contributed by atoms with Gasteiger partial charge in [-0.15, -0.1) is 24.0 Å². The topological polar surface area (TPSA) is 36.9 Å². The van der Waals surface area contributed by atoms with Crippen LogP contribution in [-0.4, -0.2) is 50.8 Å². The van der Waals surface area contributed by atoms with Crippen molar-refractivity contribution in [1.82, 2.24) is 10.2 Å². The molecular weight excluding hydrogens is 493 g/mol. The average molecular weight is 522 g/mol. The molecule has 1 saturated heterocycles. The van der Waals surface area contributed by atoms with Gasteiger partial charge in [-0.2, -0.15) is 0 Å². The molecule has 1 atom stereocenters. The molecular formula is C19H29BrIN3O. The maximum atomic E-state index is 5.58. The van der Waals surface area contributed by atoms with Gasteiger partial charge < -0.3 is 15.0 Å². The number of benzene rings is 1. The van der Waals surface area contributed by atoms with Crippen molar-refractivity contribution in [2.75, 3.05) is 39.9 Å². The van der Waals surface area contributed by atoms with Gasteiger partial charge in [0.25, 0.3) is 0 Å². The number of halogens is 2. The summed E-state index contributed by atoms with van der Waals surface area (Å²) < 4.78 is 6.80. The molecule has 0 spiro atoms. The fourth-order valence-corrected chi connectivity index (χ4v) is 4.31. The molecule has 1 aliphatic heterocycles. The fraction of sp³-hybridized carbons (Fsp3) is 0.632. The van der Waals surface area contributed by atoms with Gasteiger partial charge in [0.1, 0.15) is 0 Å². The lowest BCUT2D eigenvalue weighted by molar-refractivity contribution is 0.114. The van der Waals surface area contributed by atoms with Crippen LogP contribution in [0, 0.1) is 5.92 Å². The number of aliphatic imine (C=N–C) groups is 1. The van der Waals surface area contributed by atoms with E-state index in [4.69, 9.17) is 4.74 Å². The highest BCUT2D eigenvalue weighted by atomic mass is 127.